The highest BCUT2D eigenvalue weighted by atomic mass is 19.4. The Morgan fingerprint density at radius 1 is 1.14 bits per heavy atom. The van der Waals surface area contributed by atoms with Crippen molar-refractivity contribution in [2.75, 3.05) is 6.54 Å². The van der Waals surface area contributed by atoms with Crippen LogP contribution in [-0.4, -0.2) is 75.1 Å². The number of hydrazine groups is 1. The van der Waals surface area contributed by atoms with E-state index in [-0.39, 0.29) is 42.5 Å². The molecule has 1 aromatic carbocycles. The Morgan fingerprint density at radius 3 is 2.69 bits per heavy atom. The highest BCUT2D eigenvalue weighted by Crippen LogP contribution is 2.44. The second kappa shape index (κ2) is 12.2. The molecule has 4 aliphatic heterocycles. The van der Waals surface area contributed by atoms with Crippen LogP contribution in [0.3, 0.4) is 0 Å². The summed E-state index contributed by atoms with van der Waals surface area (Å²) in [5.41, 5.74) is 4.36. The normalized spacial score (nSPS) is 36.3. The van der Waals surface area contributed by atoms with Crippen molar-refractivity contribution in [3.8, 4) is 0 Å². The zero-order chi connectivity index (χ0) is 29.3. The number of nitrogens with zero attached hydrogens (tertiary/aromatic N) is 3. The summed E-state index contributed by atoms with van der Waals surface area (Å²) >= 11 is 0. The third-order valence-electron chi connectivity index (χ3n) is 9.45. The lowest BCUT2D eigenvalue weighted by atomic mass is 9.82. The highest BCUT2D eigenvalue weighted by molar-refractivity contribution is 5.18. The molecule has 230 valence electrons. The quantitative estimate of drug-likeness (QED) is 0.304. The molecule has 0 radical (unpaired) electrons. The maximum absolute atomic E-state index is 15.1. The zero-order valence-electron chi connectivity index (χ0n) is 23.3. The molecule has 6 rings (SSSR count). The van der Waals surface area contributed by atoms with Crippen molar-refractivity contribution in [1.82, 2.24) is 31.3 Å². The van der Waals surface area contributed by atoms with Crippen molar-refractivity contribution in [3.63, 3.8) is 0 Å². The van der Waals surface area contributed by atoms with Gasteiger partial charge in [0.2, 0.25) is 11.6 Å². The van der Waals surface area contributed by atoms with Gasteiger partial charge in [-0.15, -0.1) is 0 Å². The maximum Gasteiger partial charge on any atom is 0.421 e. The topological polar surface area (TPSA) is 130 Å². The summed E-state index contributed by atoms with van der Waals surface area (Å²) in [4.78, 5) is 14.5. The Morgan fingerprint density at radius 2 is 1.95 bits per heavy atom. The van der Waals surface area contributed by atoms with E-state index in [9.17, 15) is 10.1 Å². The van der Waals surface area contributed by atoms with Gasteiger partial charge in [0.1, 0.15) is 12.3 Å². The highest BCUT2D eigenvalue weighted by Gasteiger charge is 2.64. The van der Waals surface area contributed by atoms with Gasteiger partial charge in [-0.05, 0) is 43.4 Å². The number of ether oxygens (including phenoxy) is 2. The fourth-order valence-electron chi connectivity index (χ4n) is 7.26. The summed E-state index contributed by atoms with van der Waals surface area (Å²) in [6.07, 6.45) is 0.155. The van der Waals surface area contributed by atoms with Crippen molar-refractivity contribution >= 4 is 0 Å². The maximum atomic E-state index is 15.1. The van der Waals surface area contributed by atoms with Gasteiger partial charge in [0, 0.05) is 29.5 Å². The van der Waals surface area contributed by atoms with E-state index >= 15 is 13.2 Å². The third-order valence-corrected chi connectivity index (χ3v) is 9.45. The number of benzene rings is 1. The van der Waals surface area contributed by atoms with Crippen molar-refractivity contribution in [1.29, 1.82) is 0 Å². The van der Waals surface area contributed by atoms with Gasteiger partial charge in [0.25, 0.3) is 0 Å². The number of aromatic nitrogens is 2. The van der Waals surface area contributed by atoms with E-state index < -0.39 is 36.3 Å². The van der Waals surface area contributed by atoms with Crippen molar-refractivity contribution in [2.45, 2.75) is 112 Å². The molecule has 4 fully saturated rings. The van der Waals surface area contributed by atoms with Gasteiger partial charge in [-0.3, -0.25) is 25.4 Å². The summed E-state index contributed by atoms with van der Waals surface area (Å²) in [5.74, 6) is -0.225. The molecule has 0 saturated carbocycles. The largest absolute Gasteiger partial charge is 0.421 e. The van der Waals surface area contributed by atoms with Gasteiger partial charge in [0.05, 0.1) is 19.0 Å². The zero-order valence-corrected chi connectivity index (χ0v) is 23.3. The summed E-state index contributed by atoms with van der Waals surface area (Å²) in [6, 6.07) is 6.95. The Hall–Kier alpha value is -2.62. The predicted octanol–water partition coefficient (Wildman–Crippen LogP) is 3.55. The fourth-order valence-corrected chi connectivity index (χ4v) is 7.26. The van der Waals surface area contributed by atoms with E-state index in [2.05, 4.69) is 31.3 Å². The molecule has 0 spiro atoms. The van der Waals surface area contributed by atoms with Crippen molar-refractivity contribution in [2.24, 2.45) is 0 Å². The smallest absolute Gasteiger partial charge is 0.357 e. The van der Waals surface area contributed by atoms with Gasteiger partial charge in [-0.2, -0.15) is 18.3 Å². The molecule has 5 heterocycles. The van der Waals surface area contributed by atoms with E-state index in [1.165, 1.54) is 0 Å². The first-order valence-electron chi connectivity index (χ1n) is 14.8. The van der Waals surface area contributed by atoms with Gasteiger partial charge in [-0.25, -0.2) is 10.9 Å². The molecule has 2 aromatic rings. The van der Waals surface area contributed by atoms with Crippen LogP contribution in [0, 0.1) is 10.1 Å². The van der Waals surface area contributed by atoms with Crippen LogP contribution < -0.4 is 16.2 Å². The predicted molar refractivity (Wildman–Crippen MR) is 145 cm³/mol. The summed E-state index contributed by atoms with van der Waals surface area (Å²) in [6.45, 7) is 0.591. The molecule has 8 atom stereocenters. The number of halogens is 3. The molecule has 4 saturated heterocycles. The van der Waals surface area contributed by atoms with Crippen molar-refractivity contribution < 1.29 is 27.6 Å². The van der Waals surface area contributed by atoms with Gasteiger partial charge in [-0.1, -0.05) is 49.6 Å². The van der Waals surface area contributed by atoms with Gasteiger partial charge in [0.15, 0.2) is 6.23 Å². The van der Waals surface area contributed by atoms with Gasteiger partial charge < -0.3 is 9.47 Å². The van der Waals surface area contributed by atoms with Crippen LogP contribution in [0.25, 0.3) is 0 Å². The molecule has 11 nitrogen and oxygen atoms in total. The summed E-state index contributed by atoms with van der Waals surface area (Å²) in [5, 5.41) is 22.8. The monoisotopic (exact) mass is 593 g/mol. The van der Waals surface area contributed by atoms with Crippen LogP contribution in [0.15, 0.2) is 42.7 Å². The number of hydrogen-bond acceptors (Lipinski definition) is 9. The standard InChI is InChI=1S/C28H38F3N7O4/c29-28(30,31)27(41-17-18-8-3-1-4-9-18)12-6-2-5-10-20-11-7-13-37(20)24-21(19-15-32-33-16-19)14-22(38(39)40)23(34-24)25-35-36-26(27)42-25/h1,3-4,8-9,15-16,20-26,34-36H,2,5-7,10-14,17H2,(H,32,33)/t20-,21?,22?,23?,24?,25?,26?,27?/m0/s1. The average Bonchev–Trinajstić information content (AvgIpc) is 3.76. The first kappa shape index (κ1) is 29.5. The molecule has 7 unspecified atom stereocenters. The van der Waals surface area contributed by atoms with Crippen LogP contribution in [0.2, 0.25) is 0 Å². The molecule has 0 aliphatic carbocycles. The molecule has 1 aromatic heterocycles. The first-order chi connectivity index (χ1) is 20.3. The molecule has 4 N–H and O–H groups in total. The number of rotatable bonds is 5. The summed E-state index contributed by atoms with van der Waals surface area (Å²) in [7, 11) is 0. The Bertz CT molecular complexity index is 1190. The minimum Gasteiger partial charge on any atom is -0.357 e. The summed E-state index contributed by atoms with van der Waals surface area (Å²) < 4.78 is 57.0. The molecule has 42 heavy (non-hydrogen) atoms. The fraction of sp³-hybridized carbons (Fsp3) is 0.679. The van der Waals surface area contributed by atoms with Crippen LogP contribution in [0.5, 0.6) is 0 Å². The third kappa shape index (κ3) is 5.67. The van der Waals surface area contributed by atoms with E-state index in [0.717, 1.165) is 37.8 Å². The van der Waals surface area contributed by atoms with E-state index in [1.807, 2.05) is 0 Å². The van der Waals surface area contributed by atoms with E-state index in [4.69, 9.17) is 9.47 Å². The first-order valence-corrected chi connectivity index (χ1v) is 14.8. The van der Waals surface area contributed by atoms with Crippen LogP contribution >= 0.6 is 0 Å². The van der Waals surface area contributed by atoms with Crippen LogP contribution in [0.4, 0.5) is 13.2 Å². The Labute approximate surface area is 242 Å². The number of piperidine rings is 1. The second-order valence-electron chi connectivity index (χ2n) is 11.9. The van der Waals surface area contributed by atoms with Crippen LogP contribution in [0.1, 0.15) is 68.4 Å². The van der Waals surface area contributed by atoms with Gasteiger partial charge >= 0.3 is 6.18 Å². The minimum atomic E-state index is -4.77. The lowest BCUT2D eigenvalue weighted by molar-refractivity contribution is -0.534. The van der Waals surface area contributed by atoms with E-state index in [1.54, 1.807) is 42.7 Å². The van der Waals surface area contributed by atoms with Crippen LogP contribution in [-0.2, 0) is 16.1 Å². The Kier molecular flexibility index (Phi) is 8.53. The molecule has 4 aliphatic rings. The lowest BCUT2D eigenvalue weighted by Crippen LogP contribution is -2.67. The molecule has 4 bridgehead atoms. The Balaban J connectivity index is 1.34. The molecule has 0 amide bonds. The number of alkyl halides is 3. The number of H-pyrrole nitrogens is 1. The average molecular weight is 594 g/mol. The molecular weight excluding hydrogens is 555 g/mol. The minimum absolute atomic E-state index is 0.194. The molecular formula is C28H38F3N7O4. The SMILES string of the molecule is O=[N+]([O-])C1CC(c2cn[nH]c2)C2NC1C1NNC(O1)C(OCc1ccccc1)(C(F)(F)F)CCCCC[C@H]1CCCN21. The number of fused-ring (bicyclic) bond motifs is 7. The number of nitrogens with one attached hydrogen (secondary N) is 4. The number of hydrogen-bond donors (Lipinski definition) is 4. The van der Waals surface area contributed by atoms with E-state index in [0.29, 0.717) is 18.4 Å². The number of aromatic amines is 1. The second-order valence-corrected chi connectivity index (χ2v) is 11.9. The molecule has 14 heteroatoms. The number of nitro groups is 1. The lowest BCUT2D eigenvalue weighted by Gasteiger charge is -2.46. The van der Waals surface area contributed by atoms with Crippen molar-refractivity contribution in [3.05, 3.63) is 64.0 Å².